The molecule has 2 N–H and O–H groups in total. The van der Waals surface area contributed by atoms with Crippen LogP contribution < -0.4 is 10.2 Å². The highest BCUT2D eigenvalue weighted by atomic mass is 79.9. The topological polar surface area (TPSA) is 109 Å². The Bertz CT molecular complexity index is 988. The summed E-state index contributed by atoms with van der Waals surface area (Å²) in [5, 5.41) is 18.6. The maximum absolute atomic E-state index is 10.6. The van der Waals surface area contributed by atoms with Gasteiger partial charge in [-0.3, -0.25) is 4.40 Å². The van der Waals surface area contributed by atoms with Crippen LogP contribution in [0.3, 0.4) is 0 Å². The van der Waals surface area contributed by atoms with Gasteiger partial charge in [0.1, 0.15) is 6.33 Å². The number of anilines is 1. The average Bonchev–Trinajstić information content (AvgIpc) is 3.04. The van der Waals surface area contributed by atoms with Gasteiger partial charge < -0.3 is 15.3 Å². The van der Waals surface area contributed by atoms with Crippen LogP contribution in [0.5, 0.6) is 0 Å². The molecule has 13 heteroatoms. The molecule has 4 rings (SSSR count). The highest BCUT2D eigenvalue weighted by Crippen LogP contribution is 2.26. The number of aliphatic carboxylic acids is 1. The van der Waals surface area contributed by atoms with Crippen molar-refractivity contribution >= 4 is 44.5 Å². The SMILES string of the molecule is CNC1CN(c2nc3ncc(Br)cc3n3cnnc23)C1.O=C(O)C(F)(F)F. The molecule has 0 spiro atoms. The smallest absolute Gasteiger partial charge is 0.475 e. The molecule has 0 bridgehead atoms. The molecule has 9 nitrogen and oxygen atoms in total. The molecule has 3 aromatic rings. The van der Waals surface area contributed by atoms with E-state index in [1.807, 2.05) is 17.5 Å². The summed E-state index contributed by atoms with van der Waals surface area (Å²) in [6, 6.07) is 2.48. The fourth-order valence-electron chi connectivity index (χ4n) is 2.45. The molecule has 0 saturated carbocycles. The minimum absolute atomic E-state index is 0.508. The van der Waals surface area contributed by atoms with Gasteiger partial charge >= 0.3 is 12.1 Å². The third-order valence-corrected chi connectivity index (χ3v) is 4.30. The number of pyridine rings is 1. The third kappa shape index (κ3) is 3.93. The molecule has 0 aliphatic carbocycles. The van der Waals surface area contributed by atoms with Gasteiger partial charge in [-0.05, 0) is 29.0 Å². The largest absolute Gasteiger partial charge is 0.490 e. The second kappa shape index (κ2) is 7.23. The van der Waals surface area contributed by atoms with Crippen LogP contribution in [0.25, 0.3) is 16.8 Å². The standard InChI is InChI=1S/C12H12BrN7.C2HF3O2/c1-14-8-4-19(5-8)11-12-18-16-6-20(12)9-2-7(13)3-15-10(9)17-11;3-2(4,5)1(6)7/h2-3,6,8,14H,4-5H2,1H3;(H,6,7). The lowest BCUT2D eigenvalue weighted by atomic mass is 10.1. The van der Waals surface area contributed by atoms with Crippen LogP contribution in [-0.2, 0) is 4.79 Å². The summed E-state index contributed by atoms with van der Waals surface area (Å²) in [5.41, 5.74) is 2.36. The fraction of sp³-hybridized carbons (Fsp3) is 0.357. The van der Waals surface area contributed by atoms with Crippen molar-refractivity contribution in [1.29, 1.82) is 0 Å². The van der Waals surface area contributed by atoms with Crippen molar-refractivity contribution < 1.29 is 23.1 Å². The summed E-state index contributed by atoms with van der Waals surface area (Å²) in [6.07, 6.45) is -1.63. The van der Waals surface area contributed by atoms with Gasteiger partial charge in [0, 0.05) is 29.8 Å². The zero-order valence-corrected chi connectivity index (χ0v) is 15.4. The molecular formula is C14H13BrF3N7O2. The molecule has 144 valence electrons. The molecule has 0 aromatic carbocycles. The number of halogens is 4. The Balaban J connectivity index is 0.000000260. The van der Waals surface area contributed by atoms with Crippen molar-refractivity contribution in [3.8, 4) is 0 Å². The molecule has 0 atom stereocenters. The maximum Gasteiger partial charge on any atom is 0.490 e. The number of likely N-dealkylation sites (N-methyl/N-ethyl adjacent to an activating group) is 1. The lowest BCUT2D eigenvalue weighted by molar-refractivity contribution is -0.192. The van der Waals surface area contributed by atoms with E-state index in [0.717, 1.165) is 34.5 Å². The fourth-order valence-corrected chi connectivity index (χ4v) is 2.76. The Labute approximate surface area is 158 Å². The van der Waals surface area contributed by atoms with Crippen molar-refractivity contribution in [2.45, 2.75) is 12.2 Å². The van der Waals surface area contributed by atoms with Crippen LogP contribution >= 0.6 is 15.9 Å². The molecular weight excluding hydrogens is 435 g/mol. The van der Waals surface area contributed by atoms with Gasteiger partial charge in [-0.1, -0.05) is 0 Å². The van der Waals surface area contributed by atoms with Gasteiger partial charge in [-0.15, -0.1) is 10.2 Å². The average molecular weight is 448 g/mol. The van der Waals surface area contributed by atoms with E-state index < -0.39 is 12.1 Å². The van der Waals surface area contributed by atoms with Crippen LogP contribution in [-0.4, -0.2) is 68.0 Å². The summed E-state index contributed by atoms with van der Waals surface area (Å²) in [4.78, 5) is 20.1. The van der Waals surface area contributed by atoms with Crippen LogP contribution in [0.2, 0.25) is 0 Å². The van der Waals surface area contributed by atoms with E-state index in [1.54, 1.807) is 12.5 Å². The zero-order chi connectivity index (χ0) is 19.8. The molecule has 0 amide bonds. The van der Waals surface area contributed by atoms with Gasteiger partial charge in [0.25, 0.3) is 0 Å². The number of alkyl halides is 3. The second-order valence-corrected chi connectivity index (χ2v) is 6.57. The number of fused-ring (bicyclic) bond motifs is 3. The van der Waals surface area contributed by atoms with Gasteiger partial charge in [0.2, 0.25) is 5.65 Å². The quantitative estimate of drug-likeness (QED) is 0.607. The zero-order valence-electron chi connectivity index (χ0n) is 13.8. The number of nitrogens with zero attached hydrogens (tertiary/aromatic N) is 6. The third-order valence-electron chi connectivity index (χ3n) is 3.86. The van der Waals surface area contributed by atoms with E-state index >= 15 is 0 Å². The number of rotatable bonds is 2. The first-order valence-electron chi connectivity index (χ1n) is 7.58. The predicted octanol–water partition coefficient (Wildman–Crippen LogP) is 1.48. The summed E-state index contributed by atoms with van der Waals surface area (Å²) in [5.74, 6) is -1.91. The molecule has 1 aliphatic heterocycles. The van der Waals surface area contributed by atoms with Crippen LogP contribution in [0.15, 0.2) is 23.1 Å². The summed E-state index contributed by atoms with van der Waals surface area (Å²) < 4.78 is 34.6. The predicted molar refractivity (Wildman–Crippen MR) is 92.5 cm³/mol. The highest BCUT2D eigenvalue weighted by molar-refractivity contribution is 9.10. The van der Waals surface area contributed by atoms with Crippen LogP contribution in [0.1, 0.15) is 0 Å². The first-order valence-corrected chi connectivity index (χ1v) is 8.37. The molecule has 1 saturated heterocycles. The first-order chi connectivity index (χ1) is 12.7. The van der Waals surface area contributed by atoms with Crippen molar-refractivity contribution in [2.75, 3.05) is 25.0 Å². The number of carbonyl (C=O) groups is 1. The lowest BCUT2D eigenvalue weighted by Gasteiger charge is -2.39. The molecule has 27 heavy (non-hydrogen) atoms. The Morgan fingerprint density at radius 2 is 2.07 bits per heavy atom. The lowest BCUT2D eigenvalue weighted by Crippen LogP contribution is -2.57. The Morgan fingerprint density at radius 1 is 1.41 bits per heavy atom. The summed E-state index contributed by atoms with van der Waals surface area (Å²) in [6.45, 7) is 1.85. The minimum Gasteiger partial charge on any atom is -0.475 e. The first kappa shape index (κ1) is 19.2. The van der Waals surface area contributed by atoms with Crippen molar-refractivity contribution in [2.24, 2.45) is 0 Å². The van der Waals surface area contributed by atoms with Crippen molar-refractivity contribution in [1.82, 2.24) is 29.9 Å². The Morgan fingerprint density at radius 3 is 2.67 bits per heavy atom. The Kier molecular flexibility index (Phi) is 5.15. The van der Waals surface area contributed by atoms with Gasteiger partial charge in [0.15, 0.2) is 11.5 Å². The van der Waals surface area contributed by atoms with E-state index in [4.69, 9.17) is 9.90 Å². The molecule has 3 aromatic heterocycles. The molecule has 0 radical (unpaired) electrons. The van der Waals surface area contributed by atoms with Crippen molar-refractivity contribution in [3.63, 3.8) is 0 Å². The van der Waals surface area contributed by atoms with Crippen LogP contribution in [0, 0.1) is 0 Å². The van der Waals surface area contributed by atoms with Crippen molar-refractivity contribution in [3.05, 3.63) is 23.1 Å². The Hall–Kier alpha value is -2.54. The van der Waals surface area contributed by atoms with E-state index in [0.29, 0.717) is 11.7 Å². The normalized spacial score (nSPS) is 14.8. The van der Waals surface area contributed by atoms with Gasteiger partial charge in [-0.25, -0.2) is 14.8 Å². The molecule has 4 heterocycles. The molecule has 1 aliphatic rings. The number of carboxylic acid groups (broad SMARTS) is 1. The number of hydrogen-bond acceptors (Lipinski definition) is 7. The summed E-state index contributed by atoms with van der Waals surface area (Å²) in [7, 11) is 1.97. The molecule has 0 unspecified atom stereocenters. The number of aromatic nitrogens is 5. The van der Waals surface area contributed by atoms with Crippen LogP contribution in [0.4, 0.5) is 19.0 Å². The molecule has 1 fully saturated rings. The van der Waals surface area contributed by atoms with E-state index in [-0.39, 0.29) is 0 Å². The minimum atomic E-state index is -5.08. The number of carboxylic acids is 1. The maximum atomic E-state index is 10.6. The summed E-state index contributed by atoms with van der Waals surface area (Å²) >= 11 is 3.43. The number of nitrogens with one attached hydrogen (secondary N) is 1. The van der Waals surface area contributed by atoms with E-state index in [2.05, 4.69) is 46.3 Å². The van der Waals surface area contributed by atoms with E-state index in [1.165, 1.54) is 0 Å². The van der Waals surface area contributed by atoms with E-state index in [9.17, 15) is 13.2 Å². The number of hydrogen-bond donors (Lipinski definition) is 2. The highest BCUT2D eigenvalue weighted by Gasteiger charge is 2.38. The van der Waals surface area contributed by atoms with Gasteiger partial charge in [-0.2, -0.15) is 13.2 Å². The monoisotopic (exact) mass is 447 g/mol. The van der Waals surface area contributed by atoms with Gasteiger partial charge in [0.05, 0.1) is 5.52 Å². The second-order valence-electron chi connectivity index (χ2n) is 5.65.